The molecular formula is C28H26N4O2. The van der Waals surface area contributed by atoms with E-state index in [2.05, 4.69) is 33.3 Å². The molecule has 4 aromatic rings. The Balaban J connectivity index is 1.23. The normalized spacial score (nSPS) is 15.9. The van der Waals surface area contributed by atoms with Gasteiger partial charge in [0.1, 0.15) is 6.54 Å². The van der Waals surface area contributed by atoms with Crippen molar-refractivity contribution < 1.29 is 9.59 Å². The number of aromatic nitrogens is 1. The summed E-state index contributed by atoms with van der Waals surface area (Å²) >= 11 is 0. The number of hydrogen-bond donors (Lipinski definition) is 1. The summed E-state index contributed by atoms with van der Waals surface area (Å²) in [7, 11) is 0. The van der Waals surface area contributed by atoms with Crippen LogP contribution in [0.4, 0.5) is 0 Å². The van der Waals surface area contributed by atoms with Crippen LogP contribution >= 0.6 is 0 Å². The topological polar surface area (TPSA) is 66.7 Å². The van der Waals surface area contributed by atoms with Gasteiger partial charge < -0.3 is 9.47 Å². The quantitative estimate of drug-likeness (QED) is 0.339. The zero-order chi connectivity index (χ0) is 23.3. The van der Waals surface area contributed by atoms with Crippen molar-refractivity contribution in [1.29, 1.82) is 0 Å². The Bertz CT molecular complexity index is 1330. The summed E-state index contributed by atoms with van der Waals surface area (Å²) in [5.74, 6) is -0.177. The van der Waals surface area contributed by atoms with Crippen molar-refractivity contribution in [3.8, 4) is 0 Å². The summed E-state index contributed by atoms with van der Waals surface area (Å²) in [6, 6.07) is 28.4. The lowest BCUT2D eigenvalue weighted by Crippen LogP contribution is -2.36. The van der Waals surface area contributed by atoms with Crippen molar-refractivity contribution in [2.24, 2.45) is 5.10 Å². The van der Waals surface area contributed by atoms with Crippen LogP contribution in [-0.2, 0) is 16.1 Å². The molecule has 0 radical (unpaired) electrons. The van der Waals surface area contributed by atoms with E-state index in [9.17, 15) is 9.59 Å². The van der Waals surface area contributed by atoms with Gasteiger partial charge in [0.05, 0.1) is 6.21 Å². The van der Waals surface area contributed by atoms with Gasteiger partial charge >= 0.3 is 0 Å². The molecule has 2 amide bonds. The first-order valence-electron chi connectivity index (χ1n) is 11.4. The van der Waals surface area contributed by atoms with E-state index in [1.165, 1.54) is 5.56 Å². The summed E-state index contributed by atoms with van der Waals surface area (Å²) in [6.45, 7) is 1.31. The number of rotatable bonds is 7. The fourth-order valence-electron chi connectivity index (χ4n) is 4.54. The first-order chi connectivity index (χ1) is 16.7. The highest BCUT2D eigenvalue weighted by molar-refractivity contribution is 5.99. The van der Waals surface area contributed by atoms with Gasteiger partial charge in [-0.25, -0.2) is 5.43 Å². The molecule has 1 atom stereocenters. The maximum Gasteiger partial charge on any atom is 0.259 e. The van der Waals surface area contributed by atoms with Crippen LogP contribution in [0.5, 0.6) is 0 Å². The monoisotopic (exact) mass is 450 g/mol. The molecule has 1 N–H and O–H groups in total. The van der Waals surface area contributed by atoms with Gasteiger partial charge in [-0.05, 0) is 17.2 Å². The Morgan fingerprint density at radius 2 is 1.68 bits per heavy atom. The van der Waals surface area contributed by atoms with Crippen molar-refractivity contribution in [1.82, 2.24) is 14.9 Å². The molecule has 1 aliphatic rings. The molecule has 0 saturated carbocycles. The first-order valence-corrected chi connectivity index (χ1v) is 11.4. The minimum absolute atomic E-state index is 0.00281. The summed E-state index contributed by atoms with van der Waals surface area (Å²) in [6.07, 6.45) is 4.14. The van der Waals surface area contributed by atoms with Gasteiger partial charge in [0.15, 0.2) is 0 Å². The van der Waals surface area contributed by atoms with E-state index in [1.807, 2.05) is 72.9 Å². The number of likely N-dealkylation sites (tertiary alicyclic amines) is 1. The van der Waals surface area contributed by atoms with Gasteiger partial charge in [-0.1, -0.05) is 78.9 Å². The van der Waals surface area contributed by atoms with Crippen molar-refractivity contribution in [2.75, 3.05) is 13.1 Å². The summed E-state index contributed by atoms with van der Waals surface area (Å²) in [4.78, 5) is 26.5. The Labute approximate surface area is 198 Å². The van der Waals surface area contributed by atoms with Crippen LogP contribution in [0, 0.1) is 0 Å². The largest absolute Gasteiger partial charge is 0.342 e. The van der Waals surface area contributed by atoms with Gasteiger partial charge in [0, 0.05) is 48.1 Å². The molecule has 2 heterocycles. The molecule has 170 valence electrons. The second-order valence-corrected chi connectivity index (χ2v) is 8.59. The number of para-hydroxylation sites is 1. The van der Waals surface area contributed by atoms with E-state index in [0.717, 1.165) is 28.6 Å². The second-order valence-electron chi connectivity index (χ2n) is 8.59. The van der Waals surface area contributed by atoms with Crippen molar-refractivity contribution in [3.63, 3.8) is 0 Å². The van der Waals surface area contributed by atoms with E-state index >= 15 is 0 Å². The standard InChI is InChI=1S/C28H26N4O2/c33-27(20-32-18-23(15-28(32)34)22-11-5-2-6-12-22)30-29-16-24-19-31(17-21-9-3-1-4-10-21)26-14-8-7-13-25(24)26/h1-14,16,19,23H,15,17-18,20H2,(H,30,33)/b29-16-/t23-/m1/s1. The summed E-state index contributed by atoms with van der Waals surface area (Å²) in [5.41, 5.74) is 6.95. The lowest BCUT2D eigenvalue weighted by atomic mass is 9.99. The Kier molecular flexibility index (Phi) is 6.21. The molecule has 0 spiro atoms. The molecule has 6 nitrogen and oxygen atoms in total. The van der Waals surface area contributed by atoms with E-state index < -0.39 is 0 Å². The van der Waals surface area contributed by atoms with Gasteiger partial charge in [-0.2, -0.15) is 5.10 Å². The molecule has 0 bridgehead atoms. The number of nitrogens with one attached hydrogen (secondary N) is 1. The van der Waals surface area contributed by atoms with Crippen LogP contribution in [0.15, 0.2) is 96.2 Å². The zero-order valence-electron chi connectivity index (χ0n) is 18.8. The highest BCUT2D eigenvalue weighted by Crippen LogP contribution is 2.27. The van der Waals surface area contributed by atoms with Gasteiger partial charge in [0.2, 0.25) is 5.91 Å². The molecule has 1 fully saturated rings. The average molecular weight is 451 g/mol. The Hall–Kier alpha value is -4.19. The third kappa shape index (κ3) is 4.76. The van der Waals surface area contributed by atoms with Crippen molar-refractivity contribution in [3.05, 3.63) is 108 Å². The third-order valence-electron chi connectivity index (χ3n) is 6.23. The number of carbonyl (C=O) groups excluding carboxylic acids is 2. The van der Waals surface area contributed by atoms with Crippen LogP contribution in [-0.4, -0.2) is 40.6 Å². The molecule has 0 unspecified atom stereocenters. The average Bonchev–Trinajstić information content (AvgIpc) is 3.40. The SMILES string of the molecule is O=C(CN1C[C@H](c2ccccc2)CC1=O)N/N=C\c1cn(Cc2ccccc2)c2ccccc12. The predicted octanol–water partition coefficient (Wildman–Crippen LogP) is 4.16. The van der Waals surface area contributed by atoms with Crippen LogP contribution < -0.4 is 5.43 Å². The number of nitrogens with zero attached hydrogens (tertiary/aromatic N) is 3. The van der Waals surface area contributed by atoms with E-state index in [0.29, 0.717) is 13.0 Å². The van der Waals surface area contributed by atoms with Crippen molar-refractivity contribution in [2.45, 2.75) is 18.9 Å². The molecule has 1 saturated heterocycles. The molecule has 3 aromatic carbocycles. The maximum absolute atomic E-state index is 12.5. The molecule has 1 aliphatic heterocycles. The number of hydrogen-bond acceptors (Lipinski definition) is 3. The highest BCUT2D eigenvalue weighted by atomic mass is 16.2. The van der Waals surface area contributed by atoms with Gasteiger partial charge in [0.25, 0.3) is 5.91 Å². The number of carbonyl (C=O) groups is 2. The first kappa shape index (κ1) is 21.6. The van der Waals surface area contributed by atoms with Crippen molar-refractivity contribution >= 4 is 28.9 Å². The fourth-order valence-corrected chi connectivity index (χ4v) is 4.54. The van der Waals surface area contributed by atoms with E-state index in [1.54, 1.807) is 11.1 Å². The zero-order valence-corrected chi connectivity index (χ0v) is 18.8. The fraction of sp³-hybridized carbons (Fsp3) is 0.179. The smallest absolute Gasteiger partial charge is 0.259 e. The molecule has 5 rings (SSSR count). The van der Waals surface area contributed by atoms with E-state index in [-0.39, 0.29) is 24.3 Å². The minimum Gasteiger partial charge on any atom is -0.342 e. The number of benzene rings is 3. The minimum atomic E-state index is -0.300. The van der Waals surface area contributed by atoms with Gasteiger partial charge in [-0.15, -0.1) is 0 Å². The molecule has 34 heavy (non-hydrogen) atoms. The van der Waals surface area contributed by atoms with Crippen LogP contribution in [0.1, 0.15) is 29.0 Å². The maximum atomic E-state index is 12.5. The number of amides is 2. The van der Waals surface area contributed by atoms with E-state index in [4.69, 9.17) is 0 Å². The van der Waals surface area contributed by atoms with Crippen LogP contribution in [0.3, 0.4) is 0 Å². The van der Waals surface area contributed by atoms with Crippen LogP contribution in [0.2, 0.25) is 0 Å². The lowest BCUT2D eigenvalue weighted by Gasteiger charge is -2.15. The Morgan fingerprint density at radius 3 is 2.47 bits per heavy atom. The second kappa shape index (κ2) is 9.75. The lowest BCUT2D eigenvalue weighted by molar-refractivity contribution is -0.133. The third-order valence-corrected chi connectivity index (χ3v) is 6.23. The van der Waals surface area contributed by atoms with Gasteiger partial charge in [-0.3, -0.25) is 9.59 Å². The molecule has 0 aliphatic carbocycles. The molecule has 6 heteroatoms. The summed E-state index contributed by atoms with van der Waals surface area (Å²) < 4.78 is 2.18. The number of hydrazone groups is 1. The Morgan fingerprint density at radius 1 is 0.971 bits per heavy atom. The highest BCUT2D eigenvalue weighted by Gasteiger charge is 2.31. The predicted molar refractivity (Wildman–Crippen MR) is 134 cm³/mol. The van der Waals surface area contributed by atoms with Crippen LogP contribution in [0.25, 0.3) is 10.9 Å². The number of fused-ring (bicyclic) bond motifs is 1. The molecular weight excluding hydrogens is 424 g/mol. The molecule has 1 aromatic heterocycles. The summed E-state index contributed by atoms with van der Waals surface area (Å²) in [5, 5.41) is 5.25.